The molecule has 0 aliphatic heterocycles. The molecule has 21 heavy (non-hydrogen) atoms. The number of benzene rings is 1. The van der Waals surface area contributed by atoms with Crippen molar-refractivity contribution in [2.45, 2.75) is 31.3 Å². The van der Waals surface area contributed by atoms with Crippen LogP contribution in [0, 0.1) is 34.5 Å². The Balaban J connectivity index is 1.94. The van der Waals surface area contributed by atoms with Gasteiger partial charge in [0, 0.05) is 11.5 Å². The first-order chi connectivity index (χ1) is 10.0. The first-order valence-corrected chi connectivity index (χ1v) is 7.01. The highest BCUT2D eigenvalue weighted by atomic mass is 16.4. The van der Waals surface area contributed by atoms with Crippen LogP contribution in [0.15, 0.2) is 24.3 Å². The third-order valence-electron chi connectivity index (χ3n) is 4.37. The van der Waals surface area contributed by atoms with E-state index in [0.29, 0.717) is 18.4 Å². The number of hydrogen-bond donors (Lipinski definition) is 2. The highest BCUT2D eigenvalue weighted by Crippen LogP contribution is 2.60. The quantitative estimate of drug-likeness (QED) is 0.832. The summed E-state index contributed by atoms with van der Waals surface area (Å²) in [7, 11) is 0. The van der Waals surface area contributed by atoms with Crippen LogP contribution in [0.4, 0.5) is 0 Å². The van der Waals surface area contributed by atoms with Crippen molar-refractivity contribution in [1.29, 1.82) is 5.26 Å². The molecule has 0 bridgehead atoms. The molecule has 0 amide bonds. The topological polar surface area (TPSA) is 81.3 Å². The fraction of sp³-hybridized carbons (Fsp3) is 0.412. The number of nitrogens with zero attached hydrogens (tertiary/aromatic N) is 1. The molecular weight excluding hydrogens is 266 g/mol. The second-order valence-corrected chi connectivity index (χ2v) is 5.87. The van der Waals surface area contributed by atoms with Crippen LogP contribution in [-0.2, 0) is 0 Å². The van der Waals surface area contributed by atoms with Crippen LogP contribution in [-0.4, -0.2) is 21.8 Å². The number of rotatable bonds is 3. The van der Waals surface area contributed by atoms with Crippen molar-refractivity contribution in [3.8, 4) is 17.9 Å². The molecule has 4 heteroatoms. The van der Waals surface area contributed by atoms with Crippen LogP contribution in [0.2, 0.25) is 0 Å². The van der Waals surface area contributed by atoms with Crippen molar-refractivity contribution in [3.63, 3.8) is 0 Å². The summed E-state index contributed by atoms with van der Waals surface area (Å²) in [5.74, 6) is 4.81. The number of carboxylic acids is 1. The van der Waals surface area contributed by atoms with Crippen molar-refractivity contribution >= 4 is 5.97 Å². The van der Waals surface area contributed by atoms with Crippen molar-refractivity contribution in [3.05, 3.63) is 35.4 Å². The van der Waals surface area contributed by atoms with Crippen LogP contribution >= 0.6 is 0 Å². The molecule has 0 aromatic heterocycles. The first-order valence-electron chi connectivity index (χ1n) is 7.01. The van der Waals surface area contributed by atoms with Gasteiger partial charge >= 0.3 is 5.97 Å². The second-order valence-electron chi connectivity index (χ2n) is 5.87. The predicted molar refractivity (Wildman–Crippen MR) is 75.2 cm³/mol. The summed E-state index contributed by atoms with van der Waals surface area (Å²) in [6.45, 7) is 0. The predicted octanol–water partition coefficient (Wildman–Crippen LogP) is 2.18. The molecule has 4 nitrogen and oxygen atoms in total. The number of aliphatic hydroxyl groups is 1. The Morgan fingerprint density at radius 1 is 1.38 bits per heavy atom. The van der Waals surface area contributed by atoms with Gasteiger partial charge in [-0.1, -0.05) is 17.9 Å². The van der Waals surface area contributed by atoms with Crippen LogP contribution in [0.3, 0.4) is 0 Å². The molecule has 106 valence electrons. The average molecular weight is 281 g/mol. The maximum atomic E-state index is 10.9. The lowest BCUT2D eigenvalue weighted by molar-refractivity contribution is 0.0267. The summed E-state index contributed by atoms with van der Waals surface area (Å²) in [5.41, 5.74) is -1.28. The van der Waals surface area contributed by atoms with Gasteiger partial charge in [0.1, 0.15) is 5.60 Å². The number of carboxylic acid groups (broad SMARTS) is 1. The molecule has 1 aromatic rings. The van der Waals surface area contributed by atoms with Crippen LogP contribution in [0.1, 0.15) is 41.6 Å². The number of aromatic carboxylic acids is 1. The Bertz CT molecular complexity index is 699. The standard InChI is InChI=1S/C17H15NO3/c18-11-16(8-9-16)17(21,14-4-5-14)7-6-12-2-1-3-13(10-12)15(19)20/h1-3,10,14,21H,4-5,8-9H2,(H,19,20)/t17-/m0/s1. The summed E-state index contributed by atoms with van der Waals surface area (Å²) >= 11 is 0. The number of nitriles is 1. The zero-order valence-electron chi connectivity index (χ0n) is 11.5. The van der Waals surface area contributed by atoms with E-state index in [4.69, 9.17) is 5.11 Å². The van der Waals surface area contributed by atoms with Crippen LogP contribution < -0.4 is 0 Å². The summed E-state index contributed by atoms with van der Waals surface area (Å²) in [4.78, 5) is 10.9. The van der Waals surface area contributed by atoms with Gasteiger partial charge in [-0.2, -0.15) is 5.26 Å². The first kappa shape index (κ1) is 13.7. The molecule has 3 rings (SSSR count). The third kappa shape index (κ3) is 2.28. The zero-order chi connectivity index (χ0) is 15.1. The van der Waals surface area contributed by atoms with Crippen molar-refractivity contribution in [1.82, 2.24) is 0 Å². The molecule has 1 atom stereocenters. The molecule has 0 heterocycles. The fourth-order valence-electron chi connectivity index (χ4n) is 2.71. The van der Waals surface area contributed by atoms with Gasteiger partial charge < -0.3 is 10.2 Å². The molecule has 2 fully saturated rings. The smallest absolute Gasteiger partial charge is 0.335 e. The third-order valence-corrected chi connectivity index (χ3v) is 4.37. The van der Waals surface area contributed by atoms with Crippen LogP contribution in [0.25, 0.3) is 0 Å². The van der Waals surface area contributed by atoms with E-state index in [2.05, 4.69) is 17.9 Å². The number of hydrogen-bond acceptors (Lipinski definition) is 3. The van der Waals surface area contributed by atoms with E-state index in [1.54, 1.807) is 12.1 Å². The molecule has 2 aliphatic carbocycles. The van der Waals surface area contributed by atoms with Gasteiger partial charge in [-0.05, 0) is 43.9 Å². The van der Waals surface area contributed by atoms with Crippen LogP contribution in [0.5, 0.6) is 0 Å². The Hall–Kier alpha value is -2.30. The molecule has 2 N–H and O–H groups in total. The van der Waals surface area contributed by atoms with E-state index in [-0.39, 0.29) is 11.5 Å². The Morgan fingerprint density at radius 2 is 2.10 bits per heavy atom. The Labute approximate surface area is 123 Å². The molecule has 1 aromatic carbocycles. The monoisotopic (exact) mass is 281 g/mol. The summed E-state index contributed by atoms with van der Waals surface area (Å²) < 4.78 is 0. The molecule has 2 aliphatic rings. The minimum absolute atomic E-state index is 0.0646. The molecule has 0 spiro atoms. The Kier molecular flexibility index (Phi) is 3.01. The van der Waals surface area contributed by atoms with Gasteiger partial charge in [-0.25, -0.2) is 4.79 Å². The van der Waals surface area contributed by atoms with Gasteiger partial charge in [-0.3, -0.25) is 0 Å². The summed E-state index contributed by atoms with van der Waals surface area (Å²) in [6, 6.07) is 8.55. The molecule has 0 radical (unpaired) electrons. The fourth-order valence-corrected chi connectivity index (χ4v) is 2.71. The van der Waals surface area contributed by atoms with Gasteiger partial charge in [0.2, 0.25) is 0 Å². The van der Waals surface area contributed by atoms with Gasteiger partial charge in [0.15, 0.2) is 0 Å². The highest BCUT2D eigenvalue weighted by Gasteiger charge is 2.64. The van der Waals surface area contributed by atoms with Crippen molar-refractivity contribution in [2.24, 2.45) is 11.3 Å². The van der Waals surface area contributed by atoms with Gasteiger partial charge in [0.05, 0.1) is 17.0 Å². The minimum Gasteiger partial charge on any atom is -0.478 e. The number of carbonyl (C=O) groups is 1. The van der Waals surface area contributed by atoms with Gasteiger partial charge in [-0.15, -0.1) is 0 Å². The zero-order valence-corrected chi connectivity index (χ0v) is 11.5. The average Bonchev–Trinajstić information content (AvgIpc) is 3.38. The normalized spacial score (nSPS) is 21.3. The summed E-state index contributed by atoms with van der Waals surface area (Å²) in [5, 5.41) is 29.2. The lowest BCUT2D eigenvalue weighted by Crippen LogP contribution is -2.39. The molecule has 0 saturated heterocycles. The maximum absolute atomic E-state index is 10.9. The minimum atomic E-state index is -1.26. The highest BCUT2D eigenvalue weighted by molar-refractivity contribution is 5.88. The van der Waals surface area contributed by atoms with E-state index < -0.39 is 17.0 Å². The van der Waals surface area contributed by atoms with E-state index in [1.165, 1.54) is 12.1 Å². The van der Waals surface area contributed by atoms with Gasteiger partial charge in [0.25, 0.3) is 0 Å². The molecular formula is C17H15NO3. The molecule has 2 saturated carbocycles. The largest absolute Gasteiger partial charge is 0.478 e. The maximum Gasteiger partial charge on any atom is 0.335 e. The lowest BCUT2D eigenvalue weighted by atomic mass is 9.81. The van der Waals surface area contributed by atoms with E-state index in [1.807, 2.05) is 0 Å². The SMILES string of the molecule is N#CC1([C@](O)(C#Cc2cccc(C(=O)O)c2)C2CC2)CC1. The molecule has 0 unspecified atom stereocenters. The van der Waals surface area contributed by atoms with E-state index in [0.717, 1.165) is 12.8 Å². The lowest BCUT2D eigenvalue weighted by Gasteiger charge is -2.27. The van der Waals surface area contributed by atoms with E-state index >= 15 is 0 Å². The second kappa shape index (κ2) is 4.62. The van der Waals surface area contributed by atoms with Crippen molar-refractivity contribution in [2.75, 3.05) is 0 Å². The Morgan fingerprint density at radius 3 is 2.62 bits per heavy atom. The summed E-state index contributed by atoms with van der Waals surface area (Å²) in [6.07, 6.45) is 3.15. The van der Waals surface area contributed by atoms with Crippen molar-refractivity contribution < 1.29 is 15.0 Å². The van der Waals surface area contributed by atoms with E-state index in [9.17, 15) is 15.2 Å².